The maximum atomic E-state index is 13.1. The van der Waals surface area contributed by atoms with Gasteiger partial charge in [0, 0.05) is 31.3 Å². The highest BCUT2D eigenvalue weighted by molar-refractivity contribution is 8.93. The smallest absolute Gasteiger partial charge is 0.260 e. The zero-order chi connectivity index (χ0) is 13.2. The highest BCUT2D eigenvalue weighted by Gasteiger charge is 2.38. The summed E-state index contributed by atoms with van der Waals surface area (Å²) in [5.74, 6) is -1.92. The van der Waals surface area contributed by atoms with Crippen molar-refractivity contribution in [3.8, 4) is 0 Å². The Balaban J connectivity index is 0.00000180. The van der Waals surface area contributed by atoms with E-state index in [1.807, 2.05) is 6.92 Å². The predicted octanol–water partition coefficient (Wildman–Crippen LogP) is 3.27. The van der Waals surface area contributed by atoms with Crippen LogP contribution in [-0.2, 0) is 6.42 Å². The third kappa shape index (κ3) is 4.93. The second-order valence-corrected chi connectivity index (χ2v) is 5.32. The van der Waals surface area contributed by atoms with Crippen molar-refractivity contribution in [1.82, 2.24) is 15.3 Å². The minimum Gasteiger partial charge on any atom is -0.308 e. The predicted molar refractivity (Wildman–Crippen MR) is 76.2 cm³/mol. The van der Waals surface area contributed by atoms with Gasteiger partial charge in [0.15, 0.2) is 0 Å². The minimum atomic E-state index is -2.58. The first kappa shape index (κ1) is 16.7. The lowest BCUT2D eigenvalue weighted by molar-refractivity contribution is -0.0495. The first-order chi connectivity index (χ1) is 8.46. The van der Waals surface area contributed by atoms with Crippen LogP contribution < -0.4 is 5.32 Å². The number of halogens is 4. The molecule has 1 aliphatic rings. The molecule has 1 aromatic heterocycles. The van der Waals surface area contributed by atoms with Gasteiger partial charge in [0.2, 0.25) is 0 Å². The van der Waals surface area contributed by atoms with E-state index in [2.05, 4.69) is 15.3 Å². The van der Waals surface area contributed by atoms with Gasteiger partial charge in [-0.2, -0.15) is 0 Å². The first-order valence-corrected chi connectivity index (χ1v) is 6.42. The van der Waals surface area contributed by atoms with Crippen molar-refractivity contribution in [2.45, 2.75) is 38.2 Å². The molecule has 0 aliphatic carbocycles. The SMILES string of the molecule is Br.C[C@@H]1CC(F)(F)CNC1CCc1ncc(Cl)cn1. The van der Waals surface area contributed by atoms with Gasteiger partial charge in [-0.05, 0) is 12.3 Å². The van der Waals surface area contributed by atoms with Crippen LogP contribution in [0.4, 0.5) is 8.78 Å². The summed E-state index contributed by atoms with van der Waals surface area (Å²) in [6, 6.07) is 0.101. The van der Waals surface area contributed by atoms with E-state index in [0.29, 0.717) is 17.3 Å². The Kier molecular flexibility index (Phi) is 6.08. The summed E-state index contributed by atoms with van der Waals surface area (Å²) in [4.78, 5) is 8.19. The highest BCUT2D eigenvalue weighted by Crippen LogP contribution is 2.30. The lowest BCUT2D eigenvalue weighted by Crippen LogP contribution is -2.50. The number of nitrogens with zero attached hydrogens (tertiary/aromatic N) is 2. The second kappa shape index (κ2) is 6.90. The van der Waals surface area contributed by atoms with Crippen molar-refractivity contribution in [2.75, 3.05) is 6.54 Å². The number of alkyl halides is 2. The molecule has 1 aliphatic heterocycles. The van der Waals surface area contributed by atoms with E-state index in [4.69, 9.17) is 11.6 Å². The molecule has 1 saturated heterocycles. The van der Waals surface area contributed by atoms with Crippen LogP contribution in [0.1, 0.15) is 25.6 Å². The number of hydrogen-bond acceptors (Lipinski definition) is 3. The molecule has 0 spiro atoms. The lowest BCUT2D eigenvalue weighted by Gasteiger charge is -2.35. The van der Waals surface area contributed by atoms with Crippen LogP contribution in [0.25, 0.3) is 0 Å². The van der Waals surface area contributed by atoms with Gasteiger partial charge in [-0.25, -0.2) is 18.7 Å². The molecule has 1 N–H and O–H groups in total. The van der Waals surface area contributed by atoms with Crippen molar-refractivity contribution >= 4 is 28.6 Å². The van der Waals surface area contributed by atoms with Crippen LogP contribution in [0.15, 0.2) is 12.4 Å². The van der Waals surface area contributed by atoms with E-state index in [1.54, 1.807) is 12.4 Å². The van der Waals surface area contributed by atoms with Crippen LogP contribution in [0.5, 0.6) is 0 Å². The number of aryl methyl sites for hydroxylation is 1. The van der Waals surface area contributed by atoms with Crippen LogP contribution in [0.2, 0.25) is 5.02 Å². The lowest BCUT2D eigenvalue weighted by atomic mass is 9.88. The molecule has 2 rings (SSSR count). The van der Waals surface area contributed by atoms with E-state index >= 15 is 0 Å². The normalized spacial score (nSPS) is 25.7. The van der Waals surface area contributed by atoms with Gasteiger partial charge in [-0.1, -0.05) is 18.5 Å². The second-order valence-electron chi connectivity index (χ2n) is 4.88. The molecule has 2 heterocycles. The summed E-state index contributed by atoms with van der Waals surface area (Å²) < 4.78 is 26.3. The molecule has 0 saturated carbocycles. The summed E-state index contributed by atoms with van der Waals surface area (Å²) in [5, 5.41) is 3.41. The van der Waals surface area contributed by atoms with Crippen LogP contribution in [0.3, 0.4) is 0 Å². The van der Waals surface area contributed by atoms with E-state index in [0.717, 1.165) is 6.42 Å². The zero-order valence-corrected chi connectivity index (χ0v) is 13.0. The molecule has 3 nitrogen and oxygen atoms in total. The van der Waals surface area contributed by atoms with Crippen LogP contribution in [-0.4, -0.2) is 28.5 Å². The van der Waals surface area contributed by atoms with E-state index in [9.17, 15) is 8.78 Å². The van der Waals surface area contributed by atoms with Gasteiger partial charge >= 0.3 is 0 Å². The van der Waals surface area contributed by atoms with Gasteiger partial charge < -0.3 is 5.32 Å². The fourth-order valence-corrected chi connectivity index (χ4v) is 2.40. The molecule has 0 radical (unpaired) electrons. The fourth-order valence-electron chi connectivity index (χ4n) is 2.31. The van der Waals surface area contributed by atoms with Crippen molar-refractivity contribution in [2.24, 2.45) is 5.92 Å². The van der Waals surface area contributed by atoms with Gasteiger partial charge in [0.05, 0.1) is 11.6 Å². The molecular weight excluding hydrogens is 340 g/mol. The molecule has 1 fully saturated rings. The van der Waals surface area contributed by atoms with Crippen molar-refractivity contribution < 1.29 is 8.78 Å². The van der Waals surface area contributed by atoms with Gasteiger partial charge in [0.1, 0.15) is 5.82 Å². The van der Waals surface area contributed by atoms with Crippen molar-refractivity contribution in [3.63, 3.8) is 0 Å². The average molecular weight is 357 g/mol. The molecule has 0 aromatic carbocycles. The minimum absolute atomic E-state index is 0. The van der Waals surface area contributed by atoms with Crippen LogP contribution in [0, 0.1) is 5.92 Å². The van der Waals surface area contributed by atoms with Gasteiger partial charge in [0.25, 0.3) is 5.92 Å². The molecule has 1 unspecified atom stereocenters. The molecule has 1 aromatic rings. The molecule has 0 amide bonds. The fraction of sp³-hybridized carbons (Fsp3) is 0.667. The summed E-state index contributed by atoms with van der Waals surface area (Å²) in [5.41, 5.74) is 0. The van der Waals surface area contributed by atoms with E-state index in [-0.39, 0.29) is 41.9 Å². The summed E-state index contributed by atoms with van der Waals surface area (Å²) in [6.45, 7) is 1.62. The largest absolute Gasteiger partial charge is 0.308 e. The zero-order valence-electron chi connectivity index (χ0n) is 10.6. The summed E-state index contributed by atoms with van der Waals surface area (Å²) in [7, 11) is 0. The Labute approximate surface area is 126 Å². The topological polar surface area (TPSA) is 37.8 Å². The average Bonchev–Trinajstić information content (AvgIpc) is 2.29. The highest BCUT2D eigenvalue weighted by atomic mass is 79.9. The first-order valence-electron chi connectivity index (χ1n) is 6.04. The molecular formula is C12H17BrClF2N3. The Morgan fingerprint density at radius 3 is 2.63 bits per heavy atom. The Morgan fingerprint density at radius 2 is 2.05 bits per heavy atom. The standard InChI is InChI=1S/C12H16ClF2N3.BrH/c1-8-4-12(14,15)7-18-10(8)2-3-11-16-5-9(13)6-17-11;/h5-6,8,10,18H,2-4,7H2,1H3;1H/t8-,10?;/m1./s1. The molecule has 108 valence electrons. The van der Waals surface area contributed by atoms with Gasteiger partial charge in [-0.3, -0.25) is 0 Å². The number of hydrogen-bond donors (Lipinski definition) is 1. The molecule has 2 atom stereocenters. The molecule has 7 heteroatoms. The van der Waals surface area contributed by atoms with Crippen LogP contribution >= 0.6 is 28.6 Å². The number of aromatic nitrogens is 2. The Hall–Kier alpha value is -0.330. The maximum absolute atomic E-state index is 13.1. The molecule has 19 heavy (non-hydrogen) atoms. The maximum Gasteiger partial charge on any atom is 0.260 e. The van der Waals surface area contributed by atoms with Crippen molar-refractivity contribution in [3.05, 3.63) is 23.2 Å². The third-order valence-electron chi connectivity index (χ3n) is 3.28. The molecule has 0 bridgehead atoms. The summed E-state index contributed by atoms with van der Waals surface area (Å²) in [6.07, 6.45) is 4.49. The third-order valence-corrected chi connectivity index (χ3v) is 3.48. The Morgan fingerprint density at radius 1 is 1.42 bits per heavy atom. The quantitative estimate of drug-likeness (QED) is 0.903. The summed E-state index contributed by atoms with van der Waals surface area (Å²) >= 11 is 5.69. The number of nitrogens with one attached hydrogen (secondary N) is 1. The van der Waals surface area contributed by atoms with E-state index < -0.39 is 5.92 Å². The monoisotopic (exact) mass is 355 g/mol. The number of piperidine rings is 1. The van der Waals surface area contributed by atoms with Crippen molar-refractivity contribution in [1.29, 1.82) is 0 Å². The Bertz CT molecular complexity index is 402. The number of rotatable bonds is 3. The van der Waals surface area contributed by atoms with Gasteiger partial charge in [-0.15, -0.1) is 17.0 Å². The van der Waals surface area contributed by atoms with E-state index in [1.165, 1.54) is 0 Å².